The zero-order chi connectivity index (χ0) is 7.56. The van der Waals surface area contributed by atoms with Gasteiger partial charge in [0.25, 0.3) is 0 Å². The first-order valence-electron chi connectivity index (χ1n) is 3.49. The maximum absolute atomic E-state index is 2.12. The molecule has 0 bridgehead atoms. The summed E-state index contributed by atoms with van der Waals surface area (Å²) >= 11 is 0. The summed E-state index contributed by atoms with van der Waals surface area (Å²) in [4.78, 5) is 0. The van der Waals surface area contributed by atoms with Gasteiger partial charge in [0.1, 0.15) is 0 Å². The Bertz CT molecular complexity index is 243. The number of aromatic nitrogens is 1. The second-order valence-corrected chi connectivity index (χ2v) is 2.56. The fourth-order valence-corrected chi connectivity index (χ4v) is 1.09. The molecule has 0 atom stereocenters. The van der Waals surface area contributed by atoms with Gasteiger partial charge in [-0.1, -0.05) is 12.2 Å². The van der Waals surface area contributed by atoms with Crippen LogP contribution >= 0.6 is 0 Å². The number of allylic oxidation sites excluding steroid dienone is 1. The van der Waals surface area contributed by atoms with Crippen LogP contribution in [0.2, 0.25) is 0 Å². The molecular formula is C9H13N. The minimum atomic E-state index is 1.31. The monoisotopic (exact) mass is 135 g/mol. The fourth-order valence-electron chi connectivity index (χ4n) is 1.09. The van der Waals surface area contributed by atoms with Crippen molar-refractivity contribution in [1.29, 1.82) is 0 Å². The van der Waals surface area contributed by atoms with Crippen LogP contribution in [-0.2, 0) is 7.05 Å². The number of nitrogens with zero attached hydrogens (tertiary/aromatic N) is 1. The normalized spacial score (nSPS) is 11.1. The van der Waals surface area contributed by atoms with Crippen molar-refractivity contribution in [3.05, 3.63) is 29.6 Å². The topological polar surface area (TPSA) is 4.93 Å². The van der Waals surface area contributed by atoms with E-state index in [0.29, 0.717) is 0 Å². The molecule has 0 aromatic carbocycles. The Balaban J connectivity index is 3.03. The van der Waals surface area contributed by atoms with Gasteiger partial charge in [0.2, 0.25) is 0 Å². The van der Waals surface area contributed by atoms with Crippen molar-refractivity contribution >= 4 is 6.08 Å². The molecule has 0 unspecified atom stereocenters. The second kappa shape index (κ2) is 2.74. The van der Waals surface area contributed by atoms with E-state index >= 15 is 0 Å². The van der Waals surface area contributed by atoms with Gasteiger partial charge in [0, 0.05) is 19.4 Å². The molecule has 0 N–H and O–H groups in total. The molecule has 1 rings (SSSR count). The fraction of sp³-hybridized carbons (Fsp3) is 0.333. The van der Waals surface area contributed by atoms with Crippen molar-refractivity contribution in [1.82, 2.24) is 4.57 Å². The number of aryl methyl sites for hydroxylation is 2. The highest BCUT2D eigenvalue weighted by Gasteiger charge is 1.94. The molecule has 1 aromatic heterocycles. The summed E-state index contributed by atoms with van der Waals surface area (Å²) in [7, 11) is 2.04. The average molecular weight is 135 g/mol. The molecular weight excluding hydrogens is 122 g/mol. The first kappa shape index (κ1) is 7.13. The van der Waals surface area contributed by atoms with Crippen molar-refractivity contribution < 1.29 is 0 Å². The van der Waals surface area contributed by atoms with E-state index < -0.39 is 0 Å². The molecule has 1 nitrogen and oxygen atoms in total. The maximum atomic E-state index is 2.12. The highest BCUT2D eigenvalue weighted by Crippen LogP contribution is 2.09. The molecule has 0 saturated carbocycles. The van der Waals surface area contributed by atoms with E-state index in [0.717, 1.165) is 0 Å². The number of rotatable bonds is 1. The molecule has 1 heteroatoms. The third-order valence-electron chi connectivity index (χ3n) is 1.54. The van der Waals surface area contributed by atoms with Crippen LogP contribution in [0.4, 0.5) is 0 Å². The minimum Gasteiger partial charge on any atom is -0.356 e. The lowest BCUT2D eigenvalue weighted by molar-refractivity contribution is 0.924. The van der Waals surface area contributed by atoms with Gasteiger partial charge < -0.3 is 4.57 Å². The van der Waals surface area contributed by atoms with Crippen LogP contribution < -0.4 is 0 Å². The Morgan fingerprint density at radius 1 is 1.40 bits per heavy atom. The first-order valence-corrected chi connectivity index (χ1v) is 3.49. The van der Waals surface area contributed by atoms with Crippen LogP contribution in [0.3, 0.4) is 0 Å². The van der Waals surface area contributed by atoms with Gasteiger partial charge in [0.05, 0.1) is 0 Å². The molecule has 1 aromatic rings. The average Bonchev–Trinajstić information content (AvgIpc) is 2.13. The molecule has 0 fully saturated rings. The lowest BCUT2D eigenvalue weighted by Crippen LogP contribution is -1.77. The van der Waals surface area contributed by atoms with Crippen LogP contribution in [0.25, 0.3) is 6.08 Å². The van der Waals surface area contributed by atoms with E-state index in [9.17, 15) is 0 Å². The third-order valence-corrected chi connectivity index (χ3v) is 1.54. The summed E-state index contributed by atoms with van der Waals surface area (Å²) < 4.78 is 2.07. The van der Waals surface area contributed by atoms with Crippen LogP contribution in [0.5, 0.6) is 0 Å². The van der Waals surface area contributed by atoms with Gasteiger partial charge in [-0.2, -0.15) is 0 Å². The first-order chi connectivity index (χ1) is 4.74. The second-order valence-electron chi connectivity index (χ2n) is 2.56. The minimum absolute atomic E-state index is 1.31. The van der Waals surface area contributed by atoms with Gasteiger partial charge >= 0.3 is 0 Å². The summed E-state index contributed by atoms with van der Waals surface area (Å²) in [6.07, 6.45) is 8.42. The standard InChI is InChI=1S/C9H13N/c1-4-5-9-7-10(3)6-8(9)2/h4-7H,1-3H3/b5-4+. The molecule has 10 heavy (non-hydrogen) atoms. The van der Waals surface area contributed by atoms with Crippen molar-refractivity contribution in [2.75, 3.05) is 0 Å². The predicted molar refractivity (Wildman–Crippen MR) is 44.9 cm³/mol. The van der Waals surface area contributed by atoms with Crippen molar-refractivity contribution in [3.8, 4) is 0 Å². The molecule has 0 aliphatic rings. The summed E-state index contributed by atoms with van der Waals surface area (Å²) in [5, 5.41) is 0. The van der Waals surface area contributed by atoms with Crippen molar-refractivity contribution in [2.24, 2.45) is 7.05 Å². The Kier molecular flexibility index (Phi) is 1.95. The summed E-state index contributed by atoms with van der Waals surface area (Å²) in [6, 6.07) is 0. The van der Waals surface area contributed by atoms with Gasteiger partial charge in [-0.3, -0.25) is 0 Å². The molecule has 54 valence electrons. The van der Waals surface area contributed by atoms with E-state index in [1.807, 2.05) is 14.0 Å². The van der Waals surface area contributed by atoms with E-state index in [1.165, 1.54) is 11.1 Å². The zero-order valence-corrected chi connectivity index (χ0v) is 6.76. The Morgan fingerprint density at radius 2 is 2.10 bits per heavy atom. The smallest absolute Gasteiger partial charge is 0.0107 e. The predicted octanol–water partition coefficient (Wildman–Crippen LogP) is 2.37. The highest BCUT2D eigenvalue weighted by atomic mass is 14.9. The SMILES string of the molecule is C/C=C/c1cn(C)cc1C. The quantitative estimate of drug-likeness (QED) is 0.557. The summed E-state index contributed by atoms with van der Waals surface area (Å²) in [5.74, 6) is 0. The molecule has 0 spiro atoms. The van der Waals surface area contributed by atoms with Crippen LogP contribution in [0.1, 0.15) is 18.1 Å². The molecule has 0 radical (unpaired) electrons. The lowest BCUT2D eigenvalue weighted by atomic mass is 10.2. The molecule has 0 saturated heterocycles. The van der Waals surface area contributed by atoms with Crippen LogP contribution in [0, 0.1) is 6.92 Å². The highest BCUT2D eigenvalue weighted by molar-refractivity contribution is 5.52. The van der Waals surface area contributed by atoms with Gasteiger partial charge in [0.15, 0.2) is 0 Å². The molecule has 0 amide bonds. The molecule has 0 aliphatic heterocycles. The Morgan fingerprint density at radius 3 is 2.50 bits per heavy atom. The number of hydrogen-bond acceptors (Lipinski definition) is 0. The van der Waals surface area contributed by atoms with E-state index in [1.54, 1.807) is 0 Å². The Labute approximate surface area is 62.0 Å². The third kappa shape index (κ3) is 1.29. The van der Waals surface area contributed by atoms with Crippen molar-refractivity contribution in [2.45, 2.75) is 13.8 Å². The summed E-state index contributed by atoms with van der Waals surface area (Å²) in [5.41, 5.74) is 2.64. The zero-order valence-electron chi connectivity index (χ0n) is 6.76. The van der Waals surface area contributed by atoms with E-state index in [2.05, 4.69) is 36.0 Å². The number of hydrogen-bond donors (Lipinski definition) is 0. The largest absolute Gasteiger partial charge is 0.356 e. The van der Waals surface area contributed by atoms with Gasteiger partial charge in [-0.15, -0.1) is 0 Å². The molecule has 1 heterocycles. The lowest BCUT2D eigenvalue weighted by Gasteiger charge is -1.84. The van der Waals surface area contributed by atoms with E-state index in [-0.39, 0.29) is 0 Å². The van der Waals surface area contributed by atoms with Gasteiger partial charge in [-0.25, -0.2) is 0 Å². The van der Waals surface area contributed by atoms with Gasteiger partial charge in [-0.05, 0) is 25.0 Å². The van der Waals surface area contributed by atoms with Crippen LogP contribution in [-0.4, -0.2) is 4.57 Å². The van der Waals surface area contributed by atoms with Crippen molar-refractivity contribution in [3.63, 3.8) is 0 Å². The Hall–Kier alpha value is -0.980. The maximum Gasteiger partial charge on any atom is 0.0107 e. The van der Waals surface area contributed by atoms with E-state index in [4.69, 9.17) is 0 Å². The molecule has 0 aliphatic carbocycles. The van der Waals surface area contributed by atoms with Crippen LogP contribution in [0.15, 0.2) is 18.5 Å². The summed E-state index contributed by atoms with van der Waals surface area (Å²) in [6.45, 7) is 4.15.